The van der Waals surface area contributed by atoms with E-state index in [4.69, 9.17) is 15.6 Å². The number of nitrogens with two attached hydrogens (primary N) is 1. The summed E-state index contributed by atoms with van der Waals surface area (Å²) in [5.74, 6) is -1.82. The Kier molecular flexibility index (Phi) is 6.54. The fourth-order valence-corrected chi connectivity index (χ4v) is 2.17. The van der Waals surface area contributed by atoms with Crippen molar-refractivity contribution in [2.24, 2.45) is 5.73 Å². The molecule has 1 aromatic rings. The Morgan fingerprint density at radius 2 is 1.95 bits per heavy atom. The zero-order valence-corrected chi connectivity index (χ0v) is 12.2. The second-order valence-electron chi connectivity index (χ2n) is 4.09. The number of carbonyl (C=O) groups is 3. The third-order valence-electron chi connectivity index (χ3n) is 2.47. The fourth-order valence-electron chi connectivity index (χ4n) is 1.46. The van der Waals surface area contributed by atoms with Gasteiger partial charge in [-0.2, -0.15) is 0 Å². The van der Waals surface area contributed by atoms with E-state index < -0.39 is 30.2 Å². The lowest BCUT2D eigenvalue weighted by Gasteiger charge is -2.12. The van der Waals surface area contributed by atoms with Crippen LogP contribution in [0.5, 0.6) is 5.75 Å². The molecule has 0 saturated carbocycles. The van der Waals surface area contributed by atoms with Crippen molar-refractivity contribution in [3.8, 4) is 5.75 Å². The van der Waals surface area contributed by atoms with Crippen LogP contribution in [0.1, 0.15) is 6.42 Å². The highest BCUT2D eigenvalue weighted by Crippen LogP contribution is 2.20. The summed E-state index contributed by atoms with van der Waals surface area (Å²) < 4.78 is 5.01. The largest absolute Gasteiger partial charge is 0.497 e. The van der Waals surface area contributed by atoms with Gasteiger partial charge in [0.1, 0.15) is 11.8 Å². The number of ether oxygens (including phenoxy) is 1. The molecule has 0 aromatic heterocycles. The predicted octanol–water partition coefficient (Wildman–Crippen LogP) is 0.232. The summed E-state index contributed by atoms with van der Waals surface area (Å²) >= 11 is 1.24. The number of nitrogens with one attached hydrogen (secondary N) is 1. The Balaban J connectivity index is 2.48. The number of rotatable bonds is 8. The van der Waals surface area contributed by atoms with Crippen LogP contribution in [-0.4, -0.2) is 41.8 Å². The Labute approximate surface area is 125 Å². The van der Waals surface area contributed by atoms with Crippen molar-refractivity contribution in [3.63, 3.8) is 0 Å². The topological polar surface area (TPSA) is 119 Å². The van der Waals surface area contributed by atoms with E-state index in [0.29, 0.717) is 5.75 Å². The first kappa shape index (κ1) is 16.8. The normalized spacial score (nSPS) is 11.5. The fraction of sp³-hybridized carbons (Fsp3) is 0.308. The molecule has 0 saturated heterocycles. The van der Waals surface area contributed by atoms with Crippen LogP contribution in [-0.2, 0) is 14.4 Å². The standard InChI is InChI=1S/C13H16N2O5S/c1-20-8-2-4-9(5-3-8)21-7-12(17)15-10(13(18)19)6-11(14)16/h2-5,10H,6-7H2,1H3,(H2,14,16)(H,15,17)(H,18,19)/t10-/m0/s1. The van der Waals surface area contributed by atoms with Gasteiger partial charge in [-0.15, -0.1) is 11.8 Å². The first-order valence-corrected chi connectivity index (χ1v) is 6.98. The van der Waals surface area contributed by atoms with Gasteiger partial charge in [-0.1, -0.05) is 0 Å². The molecule has 1 aromatic carbocycles. The molecule has 2 amide bonds. The van der Waals surface area contributed by atoms with Crippen LogP contribution in [0.25, 0.3) is 0 Å². The number of carboxylic acids is 1. The van der Waals surface area contributed by atoms with Crippen LogP contribution in [0, 0.1) is 0 Å². The SMILES string of the molecule is COc1ccc(SCC(=O)N[C@@H](CC(N)=O)C(=O)O)cc1. The van der Waals surface area contributed by atoms with Gasteiger partial charge in [0.2, 0.25) is 11.8 Å². The lowest BCUT2D eigenvalue weighted by atomic mass is 10.2. The predicted molar refractivity (Wildman–Crippen MR) is 77.1 cm³/mol. The number of hydrogen-bond donors (Lipinski definition) is 3. The van der Waals surface area contributed by atoms with Crippen molar-refractivity contribution in [2.75, 3.05) is 12.9 Å². The maximum Gasteiger partial charge on any atom is 0.326 e. The highest BCUT2D eigenvalue weighted by Gasteiger charge is 2.21. The third kappa shape index (κ3) is 6.17. The number of hydrogen-bond acceptors (Lipinski definition) is 5. The molecule has 0 aliphatic heterocycles. The molecule has 21 heavy (non-hydrogen) atoms. The molecule has 0 radical (unpaired) electrons. The van der Waals surface area contributed by atoms with Crippen molar-refractivity contribution < 1.29 is 24.2 Å². The molecule has 1 atom stereocenters. The molecular formula is C13H16N2O5S. The quantitative estimate of drug-likeness (QED) is 0.591. The molecule has 1 rings (SSSR count). The van der Waals surface area contributed by atoms with Crippen LogP contribution in [0.3, 0.4) is 0 Å². The smallest absolute Gasteiger partial charge is 0.326 e. The maximum absolute atomic E-state index is 11.7. The van der Waals surface area contributed by atoms with Crippen LogP contribution in [0.15, 0.2) is 29.2 Å². The molecule has 0 aliphatic carbocycles. The molecule has 7 nitrogen and oxygen atoms in total. The van der Waals surface area contributed by atoms with Gasteiger partial charge in [0.25, 0.3) is 0 Å². The Morgan fingerprint density at radius 3 is 2.43 bits per heavy atom. The Bertz CT molecular complexity index is 518. The van der Waals surface area contributed by atoms with Crippen molar-refractivity contribution >= 4 is 29.5 Å². The minimum absolute atomic E-state index is 0.0366. The number of carbonyl (C=O) groups excluding carboxylic acids is 2. The van der Waals surface area contributed by atoms with Crippen LogP contribution in [0.2, 0.25) is 0 Å². The molecule has 4 N–H and O–H groups in total. The molecule has 0 spiro atoms. The van der Waals surface area contributed by atoms with Gasteiger partial charge in [-0.3, -0.25) is 9.59 Å². The average molecular weight is 312 g/mol. The second kappa shape index (κ2) is 8.15. The summed E-state index contributed by atoms with van der Waals surface area (Å²) in [6.45, 7) is 0. The van der Waals surface area contributed by atoms with Gasteiger partial charge in [0.05, 0.1) is 19.3 Å². The van der Waals surface area contributed by atoms with Gasteiger partial charge in [-0.25, -0.2) is 4.79 Å². The lowest BCUT2D eigenvalue weighted by molar-refractivity contribution is -0.143. The third-order valence-corrected chi connectivity index (χ3v) is 3.48. The minimum Gasteiger partial charge on any atom is -0.497 e. The number of benzene rings is 1. The zero-order valence-electron chi connectivity index (χ0n) is 11.4. The van der Waals surface area contributed by atoms with Crippen molar-refractivity contribution in [1.29, 1.82) is 0 Å². The molecule has 0 bridgehead atoms. The minimum atomic E-state index is -1.30. The van der Waals surface area contributed by atoms with E-state index in [-0.39, 0.29) is 5.75 Å². The maximum atomic E-state index is 11.7. The monoisotopic (exact) mass is 312 g/mol. The van der Waals surface area contributed by atoms with Gasteiger partial charge < -0.3 is 20.9 Å². The van der Waals surface area contributed by atoms with E-state index in [9.17, 15) is 14.4 Å². The van der Waals surface area contributed by atoms with Crippen LogP contribution >= 0.6 is 11.8 Å². The first-order chi connectivity index (χ1) is 9.92. The summed E-state index contributed by atoms with van der Waals surface area (Å²) in [5, 5.41) is 11.1. The van der Waals surface area contributed by atoms with E-state index in [2.05, 4.69) is 5.32 Å². The average Bonchev–Trinajstić information content (AvgIpc) is 2.44. The van der Waals surface area contributed by atoms with E-state index in [1.807, 2.05) is 0 Å². The highest BCUT2D eigenvalue weighted by atomic mass is 32.2. The van der Waals surface area contributed by atoms with Gasteiger partial charge >= 0.3 is 5.97 Å². The van der Waals surface area contributed by atoms with Crippen molar-refractivity contribution in [3.05, 3.63) is 24.3 Å². The van der Waals surface area contributed by atoms with Crippen LogP contribution in [0.4, 0.5) is 0 Å². The number of thioether (sulfide) groups is 1. The van der Waals surface area contributed by atoms with Gasteiger partial charge in [0, 0.05) is 4.90 Å². The molecular weight excluding hydrogens is 296 g/mol. The second-order valence-corrected chi connectivity index (χ2v) is 5.14. The van der Waals surface area contributed by atoms with Crippen molar-refractivity contribution in [2.45, 2.75) is 17.4 Å². The van der Waals surface area contributed by atoms with Crippen LogP contribution < -0.4 is 15.8 Å². The van der Waals surface area contributed by atoms with Gasteiger partial charge in [0.15, 0.2) is 0 Å². The number of methoxy groups -OCH3 is 1. The summed E-state index contributed by atoms with van der Waals surface area (Å²) in [5.41, 5.74) is 4.93. The van der Waals surface area contributed by atoms with E-state index >= 15 is 0 Å². The molecule has 114 valence electrons. The van der Waals surface area contributed by atoms with Crippen molar-refractivity contribution in [1.82, 2.24) is 5.32 Å². The molecule has 0 fully saturated rings. The summed E-state index contributed by atoms with van der Waals surface area (Å²) in [7, 11) is 1.56. The number of amides is 2. The number of primary amides is 1. The molecule has 0 unspecified atom stereocenters. The summed E-state index contributed by atoms with van der Waals surface area (Å²) in [4.78, 5) is 34.1. The number of aliphatic carboxylic acids is 1. The van der Waals surface area contributed by atoms with E-state index in [1.54, 1.807) is 31.4 Å². The zero-order chi connectivity index (χ0) is 15.8. The highest BCUT2D eigenvalue weighted by molar-refractivity contribution is 8.00. The van der Waals surface area contributed by atoms with Gasteiger partial charge in [-0.05, 0) is 24.3 Å². The van der Waals surface area contributed by atoms with E-state index in [0.717, 1.165) is 4.90 Å². The lowest BCUT2D eigenvalue weighted by Crippen LogP contribution is -2.44. The molecule has 0 heterocycles. The first-order valence-electron chi connectivity index (χ1n) is 5.99. The summed E-state index contributed by atoms with van der Waals surface area (Å²) in [6, 6.07) is 5.79. The number of carboxylic acid groups (broad SMARTS) is 1. The Hall–Kier alpha value is -2.22. The van der Waals surface area contributed by atoms with E-state index in [1.165, 1.54) is 11.8 Å². The summed E-state index contributed by atoms with van der Waals surface area (Å²) in [6.07, 6.45) is -0.436. The molecule has 0 aliphatic rings. The molecule has 8 heteroatoms. The Morgan fingerprint density at radius 1 is 1.33 bits per heavy atom.